The van der Waals surface area contributed by atoms with Crippen LogP contribution in [0.2, 0.25) is 0 Å². The predicted molar refractivity (Wildman–Crippen MR) is 71.3 cm³/mol. The van der Waals surface area contributed by atoms with Crippen LogP contribution in [0.25, 0.3) is 0 Å². The molecule has 108 valence electrons. The smallest absolute Gasteiger partial charge is 0.336 e. The fourth-order valence-corrected chi connectivity index (χ4v) is 1.76. The van der Waals surface area contributed by atoms with E-state index in [1.807, 2.05) is 0 Å². The van der Waals surface area contributed by atoms with Gasteiger partial charge < -0.3 is 9.84 Å². The second-order valence-corrected chi connectivity index (χ2v) is 4.21. The second kappa shape index (κ2) is 5.58. The van der Waals surface area contributed by atoms with E-state index in [0.29, 0.717) is 5.56 Å². The summed E-state index contributed by atoms with van der Waals surface area (Å²) in [4.78, 5) is 20.8. The van der Waals surface area contributed by atoms with Crippen molar-refractivity contribution in [1.29, 1.82) is 0 Å². The molecule has 0 aromatic heterocycles. The van der Waals surface area contributed by atoms with Crippen molar-refractivity contribution in [1.82, 2.24) is 0 Å². The summed E-state index contributed by atoms with van der Waals surface area (Å²) in [5.41, 5.74) is -0.0200. The molecule has 0 atom stereocenters. The van der Waals surface area contributed by atoms with Crippen LogP contribution in [-0.4, -0.2) is 16.0 Å². The highest BCUT2D eigenvalue weighted by molar-refractivity contribution is 5.90. The lowest BCUT2D eigenvalue weighted by Gasteiger charge is -2.11. The van der Waals surface area contributed by atoms with Gasteiger partial charge in [0.15, 0.2) is 11.6 Å². The van der Waals surface area contributed by atoms with E-state index >= 15 is 0 Å². The summed E-state index contributed by atoms with van der Waals surface area (Å²) in [5, 5.41) is 19.5. The molecule has 2 aromatic rings. The van der Waals surface area contributed by atoms with E-state index < -0.39 is 22.4 Å². The Morgan fingerprint density at radius 2 is 2.00 bits per heavy atom. The van der Waals surface area contributed by atoms with Crippen LogP contribution in [0.5, 0.6) is 11.5 Å². The maximum absolute atomic E-state index is 13.7. The van der Waals surface area contributed by atoms with Crippen LogP contribution in [0, 0.1) is 22.9 Å². The van der Waals surface area contributed by atoms with Gasteiger partial charge in [-0.3, -0.25) is 10.1 Å². The number of ether oxygens (including phenoxy) is 1. The van der Waals surface area contributed by atoms with Crippen LogP contribution < -0.4 is 4.74 Å². The number of halogens is 1. The molecule has 0 heterocycles. The molecular weight excluding hydrogens is 281 g/mol. The first-order chi connectivity index (χ1) is 9.90. The number of rotatable bonds is 4. The zero-order valence-electron chi connectivity index (χ0n) is 10.9. The number of hydrogen-bond acceptors (Lipinski definition) is 4. The summed E-state index contributed by atoms with van der Waals surface area (Å²) in [6.45, 7) is 1.53. The van der Waals surface area contributed by atoms with E-state index in [1.165, 1.54) is 25.1 Å². The van der Waals surface area contributed by atoms with E-state index in [4.69, 9.17) is 9.84 Å². The summed E-state index contributed by atoms with van der Waals surface area (Å²) < 4.78 is 19.0. The van der Waals surface area contributed by atoms with Gasteiger partial charge in [-0.25, -0.2) is 9.18 Å². The lowest BCUT2D eigenvalue weighted by molar-refractivity contribution is -0.385. The third kappa shape index (κ3) is 2.97. The third-order valence-electron chi connectivity index (χ3n) is 2.86. The number of hydrogen-bond donors (Lipinski definition) is 1. The molecule has 0 aliphatic rings. The predicted octanol–water partition coefficient (Wildman–Crippen LogP) is 3.53. The SMILES string of the molecule is Cc1c(Oc2ccc([N+](=O)[O-])cc2F)cccc1C(=O)O. The minimum atomic E-state index is -1.12. The molecule has 0 radical (unpaired) electrons. The molecule has 0 aliphatic heterocycles. The Morgan fingerprint density at radius 3 is 2.57 bits per heavy atom. The van der Waals surface area contributed by atoms with E-state index in [0.717, 1.165) is 18.2 Å². The van der Waals surface area contributed by atoms with Gasteiger partial charge in [-0.15, -0.1) is 0 Å². The number of non-ortho nitro benzene ring substituents is 1. The van der Waals surface area contributed by atoms with Crippen LogP contribution in [-0.2, 0) is 0 Å². The van der Waals surface area contributed by atoms with Crippen molar-refractivity contribution in [3.05, 3.63) is 63.5 Å². The molecule has 0 bridgehead atoms. The molecule has 2 aromatic carbocycles. The van der Waals surface area contributed by atoms with Crippen molar-refractivity contribution >= 4 is 11.7 Å². The number of nitro benzene ring substituents is 1. The van der Waals surface area contributed by atoms with Crippen molar-refractivity contribution in [2.75, 3.05) is 0 Å². The Labute approximate surface area is 118 Å². The molecule has 0 spiro atoms. The summed E-state index contributed by atoms with van der Waals surface area (Å²) in [5.74, 6) is -2.07. The first kappa shape index (κ1) is 14.4. The molecule has 0 unspecified atom stereocenters. The molecule has 0 saturated heterocycles. The Kier molecular flexibility index (Phi) is 3.84. The molecular formula is C14H10FNO5. The quantitative estimate of drug-likeness (QED) is 0.687. The average Bonchev–Trinajstić information content (AvgIpc) is 2.42. The molecule has 0 amide bonds. The van der Waals surface area contributed by atoms with Crippen LogP contribution in [0.4, 0.5) is 10.1 Å². The van der Waals surface area contributed by atoms with Crippen LogP contribution in [0.15, 0.2) is 36.4 Å². The fraction of sp³-hybridized carbons (Fsp3) is 0.0714. The van der Waals surface area contributed by atoms with Crippen molar-refractivity contribution in [3.8, 4) is 11.5 Å². The molecule has 7 heteroatoms. The maximum atomic E-state index is 13.7. The molecule has 0 aliphatic carbocycles. The van der Waals surface area contributed by atoms with Gasteiger partial charge in [-0.05, 0) is 25.1 Å². The molecule has 6 nitrogen and oxygen atoms in total. The number of carbonyl (C=O) groups is 1. The standard InChI is InChI=1S/C14H10FNO5/c1-8-10(14(17)18)3-2-4-12(8)21-13-6-5-9(16(19)20)7-11(13)15/h2-7H,1H3,(H,17,18). The Morgan fingerprint density at radius 1 is 1.29 bits per heavy atom. The number of nitrogens with zero attached hydrogens (tertiary/aromatic N) is 1. The minimum absolute atomic E-state index is 0.0369. The average molecular weight is 291 g/mol. The van der Waals surface area contributed by atoms with Crippen LogP contribution >= 0.6 is 0 Å². The number of benzene rings is 2. The zero-order valence-corrected chi connectivity index (χ0v) is 10.9. The van der Waals surface area contributed by atoms with Crippen molar-refractivity contribution in [2.45, 2.75) is 6.92 Å². The van der Waals surface area contributed by atoms with Gasteiger partial charge in [0.25, 0.3) is 5.69 Å². The van der Waals surface area contributed by atoms with Crippen LogP contribution in [0.3, 0.4) is 0 Å². The summed E-state index contributed by atoms with van der Waals surface area (Å²) in [6, 6.07) is 7.33. The van der Waals surface area contributed by atoms with Gasteiger partial charge >= 0.3 is 5.97 Å². The Bertz CT molecular complexity index is 729. The van der Waals surface area contributed by atoms with E-state index in [-0.39, 0.29) is 17.1 Å². The van der Waals surface area contributed by atoms with Gasteiger partial charge in [0.05, 0.1) is 16.6 Å². The summed E-state index contributed by atoms with van der Waals surface area (Å²) >= 11 is 0. The monoisotopic (exact) mass is 291 g/mol. The Hall–Kier alpha value is -2.96. The zero-order chi connectivity index (χ0) is 15.6. The van der Waals surface area contributed by atoms with Gasteiger partial charge in [-0.2, -0.15) is 0 Å². The number of carboxylic acids is 1. The van der Waals surface area contributed by atoms with Gasteiger partial charge in [0.2, 0.25) is 0 Å². The van der Waals surface area contributed by atoms with Crippen LogP contribution in [0.1, 0.15) is 15.9 Å². The maximum Gasteiger partial charge on any atom is 0.336 e. The van der Waals surface area contributed by atoms with Crippen molar-refractivity contribution in [3.63, 3.8) is 0 Å². The topological polar surface area (TPSA) is 89.7 Å². The first-order valence-electron chi connectivity index (χ1n) is 5.85. The number of nitro groups is 1. The molecule has 21 heavy (non-hydrogen) atoms. The second-order valence-electron chi connectivity index (χ2n) is 4.21. The summed E-state index contributed by atoms with van der Waals surface area (Å²) in [7, 11) is 0. The number of aromatic carboxylic acids is 1. The van der Waals surface area contributed by atoms with E-state index in [2.05, 4.69) is 0 Å². The lowest BCUT2D eigenvalue weighted by Crippen LogP contribution is -2.01. The minimum Gasteiger partial charge on any atom is -0.478 e. The van der Waals surface area contributed by atoms with E-state index in [1.54, 1.807) is 0 Å². The molecule has 1 N–H and O–H groups in total. The molecule has 0 saturated carbocycles. The molecule has 2 rings (SSSR count). The summed E-state index contributed by atoms with van der Waals surface area (Å²) in [6.07, 6.45) is 0. The highest BCUT2D eigenvalue weighted by Crippen LogP contribution is 2.30. The normalized spacial score (nSPS) is 10.2. The van der Waals surface area contributed by atoms with E-state index in [9.17, 15) is 19.3 Å². The highest BCUT2D eigenvalue weighted by Gasteiger charge is 2.15. The van der Waals surface area contributed by atoms with Gasteiger partial charge in [0.1, 0.15) is 5.75 Å². The Balaban J connectivity index is 2.37. The first-order valence-corrected chi connectivity index (χ1v) is 5.85. The van der Waals surface area contributed by atoms with Crippen molar-refractivity contribution in [2.24, 2.45) is 0 Å². The van der Waals surface area contributed by atoms with Gasteiger partial charge in [-0.1, -0.05) is 6.07 Å². The third-order valence-corrected chi connectivity index (χ3v) is 2.86. The molecule has 0 fully saturated rings. The fourth-order valence-electron chi connectivity index (χ4n) is 1.76. The lowest BCUT2D eigenvalue weighted by atomic mass is 10.1. The van der Waals surface area contributed by atoms with Crippen molar-refractivity contribution < 1.29 is 24.0 Å². The largest absolute Gasteiger partial charge is 0.478 e. The number of carboxylic acid groups (broad SMARTS) is 1. The highest BCUT2D eigenvalue weighted by atomic mass is 19.1. The van der Waals surface area contributed by atoms with Gasteiger partial charge in [0, 0.05) is 11.6 Å².